The summed E-state index contributed by atoms with van der Waals surface area (Å²) in [4.78, 5) is 24.3. The second-order valence-electron chi connectivity index (χ2n) is 5.15. The summed E-state index contributed by atoms with van der Waals surface area (Å²) in [6.45, 7) is 4.98. The van der Waals surface area contributed by atoms with Gasteiger partial charge in [-0.25, -0.2) is 10.9 Å². The molecule has 0 unspecified atom stereocenters. The summed E-state index contributed by atoms with van der Waals surface area (Å²) < 4.78 is 0.811. The lowest BCUT2D eigenvalue weighted by Gasteiger charge is -2.10. The summed E-state index contributed by atoms with van der Waals surface area (Å²) in [6.07, 6.45) is 1.51. The predicted octanol–water partition coefficient (Wildman–Crippen LogP) is 1.30. The summed E-state index contributed by atoms with van der Waals surface area (Å²) in [5.41, 5.74) is 8.30. The van der Waals surface area contributed by atoms with Crippen LogP contribution in [-0.2, 0) is 0 Å². The van der Waals surface area contributed by atoms with Crippen molar-refractivity contribution in [1.82, 2.24) is 10.9 Å². The van der Waals surface area contributed by atoms with Crippen LogP contribution < -0.4 is 16.3 Å². The van der Waals surface area contributed by atoms with Crippen LogP contribution in [0.4, 0.5) is 0 Å². The van der Waals surface area contributed by atoms with E-state index in [2.05, 4.69) is 50.4 Å². The van der Waals surface area contributed by atoms with Crippen LogP contribution in [0.3, 0.4) is 0 Å². The van der Waals surface area contributed by atoms with Gasteiger partial charge in [-0.1, -0.05) is 23.7 Å². The van der Waals surface area contributed by atoms with E-state index < -0.39 is 0 Å². The molecule has 2 N–H and O–H groups in total. The zero-order chi connectivity index (χ0) is 18.4. The summed E-state index contributed by atoms with van der Waals surface area (Å²) in [6, 6.07) is 11.1. The maximum Gasteiger partial charge on any atom is 0.272 e. The number of amides is 2. The van der Waals surface area contributed by atoms with Gasteiger partial charge in [0.1, 0.15) is 7.85 Å². The molecule has 2 aromatic carbocycles. The maximum absolute atomic E-state index is 12.2. The molecule has 126 valence electrons. The van der Waals surface area contributed by atoms with E-state index in [1.165, 1.54) is 6.21 Å². The third-order valence-electron chi connectivity index (χ3n) is 3.50. The van der Waals surface area contributed by atoms with Crippen molar-refractivity contribution in [3.8, 4) is 11.1 Å². The number of hydrogen-bond donors (Lipinski definition) is 2. The molecule has 0 aliphatic carbocycles. The molecule has 0 spiro atoms. The largest absolute Gasteiger partial charge is 0.272 e. The van der Waals surface area contributed by atoms with Crippen LogP contribution in [0.25, 0.3) is 11.1 Å². The van der Waals surface area contributed by atoms with Gasteiger partial charge in [-0.15, -0.1) is 0 Å². The van der Waals surface area contributed by atoms with Gasteiger partial charge < -0.3 is 0 Å². The minimum Gasteiger partial charge on any atom is -0.267 e. The molecule has 25 heavy (non-hydrogen) atoms. The van der Waals surface area contributed by atoms with Gasteiger partial charge >= 0.3 is 0 Å². The van der Waals surface area contributed by atoms with Crippen molar-refractivity contribution in [1.29, 1.82) is 0 Å². The van der Waals surface area contributed by atoms with Crippen LogP contribution in [0.5, 0.6) is 0 Å². The summed E-state index contributed by atoms with van der Waals surface area (Å²) in [5.74, 6) is -0.611. The van der Waals surface area contributed by atoms with Gasteiger partial charge in [0.05, 0.1) is 5.56 Å². The molecule has 0 aliphatic heterocycles. The number of halogens is 1. The number of carbonyl (C=O) groups is 2. The first-order valence-electron chi connectivity index (χ1n) is 7.42. The van der Waals surface area contributed by atoms with Crippen LogP contribution >= 0.6 is 22.6 Å². The third-order valence-corrected chi connectivity index (χ3v) is 4.44. The SMILES string of the molecule is Bc1ccc(-c2ccc(I)c(C(=O)N/N=C/C)c2)cc1C(=O)NN=C. The van der Waals surface area contributed by atoms with Crippen LogP contribution in [0.2, 0.25) is 0 Å². The number of nitrogens with zero attached hydrogens (tertiary/aromatic N) is 2. The summed E-state index contributed by atoms with van der Waals surface area (Å²) in [7, 11) is 1.84. The Morgan fingerprint density at radius 3 is 2.32 bits per heavy atom. The normalized spacial score (nSPS) is 10.5. The lowest BCUT2D eigenvalue weighted by Crippen LogP contribution is -2.24. The fourth-order valence-electron chi connectivity index (χ4n) is 2.24. The second-order valence-corrected chi connectivity index (χ2v) is 6.31. The molecular formula is C17H16BIN4O2. The Kier molecular flexibility index (Phi) is 6.46. The minimum atomic E-state index is -0.324. The van der Waals surface area contributed by atoms with Crippen molar-refractivity contribution in [2.45, 2.75) is 6.92 Å². The molecule has 0 heterocycles. The van der Waals surface area contributed by atoms with Crippen molar-refractivity contribution in [2.24, 2.45) is 10.2 Å². The number of hydrazone groups is 2. The van der Waals surface area contributed by atoms with Gasteiger partial charge in [0.15, 0.2) is 0 Å². The van der Waals surface area contributed by atoms with E-state index in [9.17, 15) is 9.59 Å². The molecule has 0 saturated heterocycles. The van der Waals surface area contributed by atoms with Gasteiger partial charge in [-0.3, -0.25) is 9.59 Å². The number of hydrogen-bond acceptors (Lipinski definition) is 4. The Morgan fingerprint density at radius 2 is 1.68 bits per heavy atom. The third kappa shape index (κ3) is 4.53. The van der Waals surface area contributed by atoms with Crippen molar-refractivity contribution >= 4 is 60.6 Å². The van der Waals surface area contributed by atoms with E-state index in [-0.39, 0.29) is 11.8 Å². The molecule has 2 aromatic rings. The molecule has 6 nitrogen and oxygen atoms in total. The number of nitrogens with one attached hydrogen (secondary N) is 2. The molecule has 0 aliphatic rings. The predicted molar refractivity (Wildman–Crippen MR) is 111 cm³/mol. The highest BCUT2D eigenvalue weighted by atomic mass is 127. The second kappa shape index (κ2) is 8.56. The van der Waals surface area contributed by atoms with Gasteiger partial charge in [-0.05, 0) is 58.8 Å². The van der Waals surface area contributed by atoms with Crippen LogP contribution in [0.1, 0.15) is 27.6 Å². The first-order chi connectivity index (χ1) is 12.0. The average molecular weight is 446 g/mol. The molecule has 2 amide bonds. The van der Waals surface area contributed by atoms with Gasteiger partial charge in [0.2, 0.25) is 0 Å². The molecule has 8 heteroatoms. The van der Waals surface area contributed by atoms with Crippen LogP contribution in [0, 0.1) is 3.57 Å². The Morgan fingerprint density at radius 1 is 1.08 bits per heavy atom. The van der Waals surface area contributed by atoms with Crippen molar-refractivity contribution < 1.29 is 9.59 Å². The van der Waals surface area contributed by atoms with Gasteiger partial charge in [0.25, 0.3) is 11.8 Å². The fraction of sp³-hybridized carbons (Fsp3) is 0.0588. The lowest BCUT2D eigenvalue weighted by atomic mass is 9.87. The maximum atomic E-state index is 12.2. The monoisotopic (exact) mass is 446 g/mol. The van der Waals surface area contributed by atoms with Crippen molar-refractivity contribution in [3.63, 3.8) is 0 Å². The standard InChI is InChI=1S/C17H16BIN4O2/c1-3-21-23-17(25)13-9-11(5-7-15(13)19)10-4-6-14(18)12(8-10)16(24)22-20-2/h3-9H,2,18H2,1H3,(H,22,24)(H,23,25)/b21-3+. The van der Waals surface area contributed by atoms with E-state index >= 15 is 0 Å². The molecule has 0 atom stereocenters. The van der Waals surface area contributed by atoms with E-state index in [1.807, 2.05) is 32.1 Å². The van der Waals surface area contributed by atoms with E-state index in [0.717, 1.165) is 20.2 Å². The van der Waals surface area contributed by atoms with Gasteiger partial charge in [-0.2, -0.15) is 10.2 Å². The molecule has 2 rings (SSSR count). The first-order valence-corrected chi connectivity index (χ1v) is 8.50. The van der Waals surface area contributed by atoms with Crippen LogP contribution in [0.15, 0.2) is 46.6 Å². The highest BCUT2D eigenvalue weighted by molar-refractivity contribution is 14.1. The summed E-state index contributed by atoms with van der Waals surface area (Å²) >= 11 is 2.10. The van der Waals surface area contributed by atoms with E-state index in [4.69, 9.17) is 0 Å². The molecule has 0 radical (unpaired) electrons. The fourth-order valence-corrected chi connectivity index (χ4v) is 2.82. The average Bonchev–Trinajstić information content (AvgIpc) is 2.60. The zero-order valence-electron chi connectivity index (χ0n) is 13.8. The molecule has 0 saturated carbocycles. The zero-order valence-corrected chi connectivity index (χ0v) is 16.0. The minimum absolute atomic E-state index is 0.287. The topological polar surface area (TPSA) is 82.9 Å². The highest BCUT2D eigenvalue weighted by Gasteiger charge is 2.13. The lowest BCUT2D eigenvalue weighted by molar-refractivity contribution is 0.0947. The summed E-state index contributed by atoms with van der Waals surface area (Å²) in [5, 5.41) is 7.18. The molecule has 0 aromatic heterocycles. The number of rotatable bonds is 5. The van der Waals surface area contributed by atoms with Gasteiger partial charge in [0, 0.05) is 22.1 Å². The molecular weight excluding hydrogens is 430 g/mol. The Bertz CT molecular complexity index is 868. The Labute approximate surface area is 160 Å². The smallest absolute Gasteiger partial charge is 0.267 e. The molecule has 0 bridgehead atoms. The Balaban J connectivity index is 2.45. The van der Waals surface area contributed by atoms with Crippen LogP contribution in [-0.4, -0.2) is 32.6 Å². The quantitative estimate of drug-likeness (QED) is 0.314. The van der Waals surface area contributed by atoms with Crippen molar-refractivity contribution in [3.05, 3.63) is 51.1 Å². The molecule has 0 fully saturated rings. The number of carbonyl (C=O) groups excluding carboxylic acids is 2. The Hall–Kier alpha value is -2.49. The highest BCUT2D eigenvalue weighted by Crippen LogP contribution is 2.24. The van der Waals surface area contributed by atoms with E-state index in [1.54, 1.807) is 19.1 Å². The first kappa shape index (κ1) is 18.8. The van der Waals surface area contributed by atoms with Crippen molar-refractivity contribution in [2.75, 3.05) is 0 Å². The van der Waals surface area contributed by atoms with E-state index in [0.29, 0.717) is 11.1 Å². The number of benzene rings is 2.